The van der Waals surface area contributed by atoms with Gasteiger partial charge in [-0.25, -0.2) is 0 Å². The number of likely N-dealkylation sites (N-methyl/N-ethyl adjacent to an activating group) is 1. The van der Waals surface area contributed by atoms with Gasteiger partial charge in [-0.15, -0.1) is 0 Å². The summed E-state index contributed by atoms with van der Waals surface area (Å²) in [5.74, 6) is -0.777. The first-order valence-electron chi connectivity index (χ1n) is 4.85. The van der Waals surface area contributed by atoms with Gasteiger partial charge >= 0.3 is 5.97 Å². The van der Waals surface area contributed by atoms with Crippen molar-refractivity contribution in [1.29, 1.82) is 0 Å². The molecule has 0 saturated heterocycles. The molecule has 0 fully saturated rings. The van der Waals surface area contributed by atoms with E-state index < -0.39 is 5.97 Å². The molecule has 0 unspecified atom stereocenters. The predicted molar refractivity (Wildman–Crippen MR) is 56.3 cm³/mol. The molecule has 3 N–H and O–H groups in total. The number of hydrogen-bond donors (Lipinski definition) is 2. The van der Waals surface area contributed by atoms with Crippen LogP contribution in [0.25, 0.3) is 0 Å². The minimum absolute atomic E-state index is 0.105. The van der Waals surface area contributed by atoms with Gasteiger partial charge in [0.15, 0.2) is 0 Å². The van der Waals surface area contributed by atoms with E-state index >= 15 is 0 Å². The zero-order valence-electron chi connectivity index (χ0n) is 9.07. The summed E-state index contributed by atoms with van der Waals surface area (Å²) in [5, 5.41) is 8.66. The highest BCUT2D eigenvalue weighted by Crippen LogP contribution is 1.91. The lowest BCUT2D eigenvalue weighted by Crippen LogP contribution is -2.36. The molecule has 0 spiro atoms. The summed E-state index contributed by atoms with van der Waals surface area (Å²) in [7, 11) is 3.95. The SMILES string of the molecule is CN(C)CCN(CCCN)CC(=O)O. The highest BCUT2D eigenvalue weighted by molar-refractivity contribution is 5.69. The van der Waals surface area contributed by atoms with Crippen LogP contribution in [0.15, 0.2) is 0 Å². The van der Waals surface area contributed by atoms with Gasteiger partial charge < -0.3 is 15.7 Å². The summed E-state index contributed by atoms with van der Waals surface area (Å²) in [6.45, 7) is 3.12. The van der Waals surface area contributed by atoms with Crippen molar-refractivity contribution >= 4 is 5.97 Å². The van der Waals surface area contributed by atoms with Crippen molar-refractivity contribution in [2.24, 2.45) is 5.73 Å². The molecule has 0 atom stereocenters. The third-order valence-corrected chi connectivity index (χ3v) is 1.90. The third-order valence-electron chi connectivity index (χ3n) is 1.90. The van der Waals surface area contributed by atoms with Crippen molar-refractivity contribution in [3.8, 4) is 0 Å². The van der Waals surface area contributed by atoms with Gasteiger partial charge in [-0.2, -0.15) is 0 Å². The van der Waals surface area contributed by atoms with Crippen molar-refractivity contribution < 1.29 is 9.90 Å². The van der Waals surface area contributed by atoms with Gasteiger partial charge in [0.05, 0.1) is 6.54 Å². The largest absolute Gasteiger partial charge is 0.480 e. The van der Waals surface area contributed by atoms with Crippen LogP contribution in [0.5, 0.6) is 0 Å². The minimum atomic E-state index is -0.777. The monoisotopic (exact) mass is 203 g/mol. The molecule has 0 aliphatic carbocycles. The first-order valence-corrected chi connectivity index (χ1v) is 4.85. The van der Waals surface area contributed by atoms with E-state index in [2.05, 4.69) is 0 Å². The van der Waals surface area contributed by atoms with Gasteiger partial charge in [0, 0.05) is 13.1 Å². The Morgan fingerprint density at radius 2 is 1.93 bits per heavy atom. The Balaban J connectivity index is 3.78. The molecule has 5 heteroatoms. The van der Waals surface area contributed by atoms with E-state index in [9.17, 15) is 4.79 Å². The van der Waals surface area contributed by atoms with E-state index in [1.807, 2.05) is 23.9 Å². The Kier molecular flexibility index (Phi) is 7.37. The molecule has 0 aromatic heterocycles. The molecule has 0 bridgehead atoms. The number of hydrogen-bond acceptors (Lipinski definition) is 4. The minimum Gasteiger partial charge on any atom is -0.480 e. The van der Waals surface area contributed by atoms with Gasteiger partial charge in [-0.1, -0.05) is 0 Å². The molecule has 0 amide bonds. The van der Waals surface area contributed by atoms with Crippen LogP contribution in [0.3, 0.4) is 0 Å². The fourth-order valence-corrected chi connectivity index (χ4v) is 1.12. The number of aliphatic carboxylic acids is 1. The van der Waals surface area contributed by atoms with Gasteiger partial charge in [-0.05, 0) is 33.6 Å². The molecule has 5 nitrogen and oxygen atoms in total. The number of carbonyl (C=O) groups is 1. The summed E-state index contributed by atoms with van der Waals surface area (Å²) in [4.78, 5) is 14.5. The van der Waals surface area contributed by atoms with Gasteiger partial charge in [0.1, 0.15) is 0 Å². The van der Waals surface area contributed by atoms with Crippen LogP contribution >= 0.6 is 0 Å². The van der Waals surface area contributed by atoms with Gasteiger partial charge in [-0.3, -0.25) is 9.69 Å². The summed E-state index contributed by atoms with van der Waals surface area (Å²) in [6.07, 6.45) is 0.848. The Bertz CT molecular complexity index is 162. The highest BCUT2D eigenvalue weighted by atomic mass is 16.4. The third kappa shape index (κ3) is 7.97. The maximum atomic E-state index is 10.5. The first kappa shape index (κ1) is 13.4. The molecule has 14 heavy (non-hydrogen) atoms. The maximum Gasteiger partial charge on any atom is 0.317 e. The molecular weight excluding hydrogens is 182 g/mol. The lowest BCUT2D eigenvalue weighted by molar-refractivity contribution is -0.138. The molecule has 0 saturated carbocycles. The molecule has 0 aromatic carbocycles. The zero-order chi connectivity index (χ0) is 11.0. The van der Waals surface area contributed by atoms with E-state index in [4.69, 9.17) is 10.8 Å². The number of rotatable bonds is 8. The van der Waals surface area contributed by atoms with Gasteiger partial charge in [0.2, 0.25) is 0 Å². The van der Waals surface area contributed by atoms with E-state index in [-0.39, 0.29) is 6.54 Å². The maximum absolute atomic E-state index is 10.5. The molecule has 0 rings (SSSR count). The number of carboxylic acid groups (broad SMARTS) is 1. The van der Waals surface area contributed by atoms with Crippen molar-refractivity contribution in [1.82, 2.24) is 9.80 Å². The first-order chi connectivity index (χ1) is 6.56. The number of nitrogens with zero attached hydrogens (tertiary/aromatic N) is 2. The smallest absolute Gasteiger partial charge is 0.317 e. The summed E-state index contributed by atoms with van der Waals surface area (Å²) < 4.78 is 0. The van der Waals surface area contributed by atoms with Crippen LogP contribution < -0.4 is 5.73 Å². The molecule has 0 aliphatic heterocycles. The van der Waals surface area contributed by atoms with Crippen LogP contribution in [0, 0.1) is 0 Å². The molecule has 0 aromatic rings. The Morgan fingerprint density at radius 1 is 1.29 bits per heavy atom. The van der Waals surface area contributed by atoms with Crippen LogP contribution in [0.4, 0.5) is 0 Å². The van der Waals surface area contributed by atoms with Crippen LogP contribution in [-0.4, -0.2) is 67.7 Å². The molecule has 0 heterocycles. The van der Waals surface area contributed by atoms with E-state index in [1.165, 1.54) is 0 Å². The second-order valence-corrected chi connectivity index (χ2v) is 3.62. The average Bonchev–Trinajstić information content (AvgIpc) is 2.09. The topological polar surface area (TPSA) is 69.8 Å². The number of nitrogens with two attached hydrogens (primary N) is 1. The van der Waals surface area contributed by atoms with Crippen molar-refractivity contribution in [2.75, 3.05) is 46.8 Å². The fraction of sp³-hybridized carbons (Fsp3) is 0.889. The lowest BCUT2D eigenvalue weighted by Gasteiger charge is -2.21. The molecule has 0 aliphatic rings. The Morgan fingerprint density at radius 3 is 2.36 bits per heavy atom. The quantitative estimate of drug-likeness (QED) is 0.545. The highest BCUT2D eigenvalue weighted by Gasteiger charge is 2.08. The molecule has 84 valence electrons. The second-order valence-electron chi connectivity index (χ2n) is 3.62. The van der Waals surface area contributed by atoms with Crippen molar-refractivity contribution in [2.45, 2.75) is 6.42 Å². The summed E-state index contributed by atoms with van der Waals surface area (Å²) in [5.41, 5.74) is 5.38. The van der Waals surface area contributed by atoms with Crippen LogP contribution in [0.1, 0.15) is 6.42 Å². The molecule has 0 radical (unpaired) electrons. The van der Waals surface area contributed by atoms with Crippen LogP contribution in [-0.2, 0) is 4.79 Å². The second kappa shape index (κ2) is 7.73. The van der Waals surface area contributed by atoms with Crippen LogP contribution in [0.2, 0.25) is 0 Å². The van der Waals surface area contributed by atoms with Crippen molar-refractivity contribution in [3.05, 3.63) is 0 Å². The van der Waals surface area contributed by atoms with E-state index in [0.717, 1.165) is 26.1 Å². The van der Waals surface area contributed by atoms with E-state index in [1.54, 1.807) is 0 Å². The normalized spacial score (nSPS) is 11.2. The zero-order valence-corrected chi connectivity index (χ0v) is 9.07. The lowest BCUT2D eigenvalue weighted by atomic mass is 10.3. The Hall–Kier alpha value is -0.650. The number of carboxylic acids is 1. The Labute approximate surface area is 85.5 Å². The molecular formula is C9H21N3O2. The summed E-state index contributed by atoms with van der Waals surface area (Å²) >= 11 is 0. The predicted octanol–water partition coefficient (Wildman–Crippen LogP) is -0.717. The fourth-order valence-electron chi connectivity index (χ4n) is 1.12. The van der Waals surface area contributed by atoms with E-state index in [0.29, 0.717) is 6.54 Å². The van der Waals surface area contributed by atoms with Gasteiger partial charge in [0.25, 0.3) is 0 Å². The van der Waals surface area contributed by atoms with Crippen molar-refractivity contribution in [3.63, 3.8) is 0 Å². The standard InChI is InChI=1S/C9H21N3O2/c1-11(2)6-7-12(5-3-4-10)8-9(13)14/h3-8,10H2,1-2H3,(H,13,14). The summed E-state index contributed by atoms with van der Waals surface area (Å²) in [6, 6.07) is 0. The average molecular weight is 203 g/mol.